The van der Waals surface area contributed by atoms with E-state index in [-0.39, 0.29) is 40.5 Å². The molecule has 0 bridgehead atoms. The summed E-state index contributed by atoms with van der Waals surface area (Å²) in [6.45, 7) is 4.88. The number of phenols is 1. The van der Waals surface area contributed by atoms with E-state index in [1.165, 1.54) is 31.2 Å². The van der Waals surface area contributed by atoms with Crippen LogP contribution in [0, 0.1) is 0 Å². The molecule has 4 aromatic rings. The van der Waals surface area contributed by atoms with E-state index in [0.29, 0.717) is 17.7 Å². The molecule has 1 atom stereocenters. The van der Waals surface area contributed by atoms with Crippen LogP contribution >= 0.6 is 0 Å². The maximum absolute atomic E-state index is 13.4. The van der Waals surface area contributed by atoms with Crippen molar-refractivity contribution < 1.29 is 55.7 Å². The smallest absolute Gasteiger partial charge is 0.416 e. The number of aromatic hydroxyl groups is 1. The Morgan fingerprint density at radius 1 is 0.889 bits per heavy atom. The summed E-state index contributed by atoms with van der Waals surface area (Å²) in [5.74, 6) is -3.47. The van der Waals surface area contributed by atoms with E-state index < -0.39 is 64.2 Å². The van der Waals surface area contributed by atoms with Crippen LogP contribution in [0.2, 0.25) is 0 Å². The van der Waals surface area contributed by atoms with Crippen molar-refractivity contribution in [1.82, 2.24) is 10.3 Å². The number of nitrogens with zero attached hydrogens (tertiary/aromatic N) is 1. The zero-order valence-electron chi connectivity index (χ0n) is 23.1. The van der Waals surface area contributed by atoms with Crippen molar-refractivity contribution in [2.45, 2.75) is 31.7 Å². The zero-order chi connectivity index (χ0) is 33.3. The summed E-state index contributed by atoms with van der Waals surface area (Å²) in [5, 5.41) is 21.6. The van der Waals surface area contributed by atoms with E-state index in [1.54, 1.807) is 0 Å². The van der Waals surface area contributed by atoms with Crippen LogP contribution in [0.5, 0.6) is 5.75 Å². The van der Waals surface area contributed by atoms with Crippen LogP contribution in [0.1, 0.15) is 44.5 Å². The first kappa shape index (κ1) is 32.5. The number of fused-ring (bicyclic) bond motifs is 1. The average molecular weight is 633 g/mol. The number of carbonyl (C=O) groups is 3. The fraction of sp³-hybridized carbons (Fsp3) is 0.161. The molecule has 3 aromatic carbocycles. The van der Waals surface area contributed by atoms with E-state index in [0.717, 1.165) is 24.3 Å². The normalized spacial score (nSPS) is 12.4. The number of phenolic OH excluding ortho intramolecular Hbond substituents is 1. The van der Waals surface area contributed by atoms with Gasteiger partial charge in [-0.15, -0.1) is 0 Å². The van der Waals surface area contributed by atoms with Crippen molar-refractivity contribution >= 4 is 28.7 Å². The molecule has 0 aliphatic heterocycles. The van der Waals surface area contributed by atoms with Gasteiger partial charge >= 0.3 is 24.3 Å². The van der Waals surface area contributed by atoms with Crippen LogP contribution in [0.25, 0.3) is 22.0 Å². The minimum absolute atomic E-state index is 0.0270. The molecule has 0 radical (unpaired) electrons. The molecule has 4 rings (SSSR count). The molecule has 1 amide bonds. The molecule has 8 nitrogen and oxygen atoms in total. The van der Waals surface area contributed by atoms with Gasteiger partial charge in [-0.25, -0.2) is 14.6 Å². The maximum Gasteiger partial charge on any atom is 0.416 e. The molecule has 3 N–H and O–H groups in total. The van der Waals surface area contributed by atoms with Gasteiger partial charge in [0.05, 0.1) is 28.0 Å². The number of amides is 1. The minimum Gasteiger partial charge on any atom is -0.508 e. The van der Waals surface area contributed by atoms with Gasteiger partial charge in [0.2, 0.25) is 0 Å². The second-order valence-corrected chi connectivity index (χ2v) is 9.91. The molecule has 1 aromatic heterocycles. The number of pyridine rings is 1. The number of allylic oxidation sites excluding steroid dienone is 1. The predicted octanol–water partition coefficient (Wildman–Crippen LogP) is 6.76. The maximum atomic E-state index is 13.4. The molecule has 0 fully saturated rings. The molecule has 0 unspecified atom stereocenters. The number of ether oxygens (including phenoxy) is 1. The fourth-order valence-electron chi connectivity index (χ4n) is 4.36. The van der Waals surface area contributed by atoms with E-state index in [1.807, 2.05) is 0 Å². The van der Waals surface area contributed by atoms with Gasteiger partial charge in [-0.1, -0.05) is 24.8 Å². The number of rotatable bonds is 8. The van der Waals surface area contributed by atoms with Gasteiger partial charge in [0.1, 0.15) is 17.5 Å². The third-order valence-corrected chi connectivity index (χ3v) is 6.43. The summed E-state index contributed by atoms with van der Waals surface area (Å²) in [5.41, 5.74) is -4.34. The molecule has 14 heteroatoms. The van der Waals surface area contributed by atoms with Gasteiger partial charge < -0.3 is 20.3 Å². The topological polar surface area (TPSA) is 126 Å². The number of nitrogens with one attached hydrogen (secondary N) is 1. The number of hydrogen-bond donors (Lipinski definition) is 3. The Morgan fingerprint density at radius 2 is 1.49 bits per heavy atom. The number of halogens is 6. The number of carboxylic acid groups (broad SMARTS) is 1. The van der Waals surface area contributed by atoms with Crippen LogP contribution in [-0.4, -0.2) is 39.1 Å². The Morgan fingerprint density at radius 3 is 2.02 bits per heavy atom. The second kappa shape index (κ2) is 12.3. The third kappa shape index (κ3) is 7.77. The van der Waals surface area contributed by atoms with Gasteiger partial charge in [-0.2, -0.15) is 26.3 Å². The summed E-state index contributed by atoms with van der Waals surface area (Å²) in [7, 11) is 0. The van der Waals surface area contributed by atoms with Crippen LogP contribution in [-0.2, 0) is 28.3 Å². The Hall–Kier alpha value is -5.40. The highest BCUT2D eigenvalue weighted by atomic mass is 19.4. The highest BCUT2D eigenvalue weighted by Gasteiger charge is 2.37. The lowest BCUT2D eigenvalue weighted by Crippen LogP contribution is -2.43. The summed E-state index contributed by atoms with van der Waals surface area (Å²) >= 11 is 0. The number of hydrogen-bond acceptors (Lipinski definition) is 6. The highest BCUT2D eigenvalue weighted by molar-refractivity contribution is 6.07. The van der Waals surface area contributed by atoms with Gasteiger partial charge in [-0.3, -0.25) is 4.79 Å². The highest BCUT2D eigenvalue weighted by Crippen LogP contribution is 2.39. The van der Waals surface area contributed by atoms with Gasteiger partial charge in [0.25, 0.3) is 5.91 Å². The molecule has 0 saturated heterocycles. The monoisotopic (exact) mass is 632 g/mol. The van der Waals surface area contributed by atoms with Crippen molar-refractivity contribution in [3.8, 4) is 16.9 Å². The van der Waals surface area contributed by atoms with Crippen LogP contribution in [0.15, 0.2) is 79.1 Å². The fourth-order valence-corrected chi connectivity index (χ4v) is 4.36. The first-order valence-electron chi connectivity index (χ1n) is 12.9. The van der Waals surface area contributed by atoms with Gasteiger partial charge in [0, 0.05) is 11.8 Å². The zero-order valence-corrected chi connectivity index (χ0v) is 23.1. The van der Waals surface area contributed by atoms with E-state index in [4.69, 9.17) is 4.74 Å². The number of alkyl halides is 6. The predicted molar refractivity (Wildman–Crippen MR) is 148 cm³/mol. The van der Waals surface area contributed by atoms with E-state index in [2.05, 4.69) is 16.9 Å². The van der Waals surface area contributed by atoms with E-state index in [9.17, 15) is 50.9 Å². The minimum atomic E-state index is -5.10. The summed E-state index contributed by atoms with van der Waals surface area (Å²) in [6.07, 6.45) is -10.3. The summed E-state index contributed by atoms with van der Waals surface area (Å²) < 4.78 is 85.4. The Bertz CT molecular complexity index is 1780. The average Bonchev–Trinajstić information content (AvgIpc) is 2.95. The third-order valence-electron chi connectivity index (χ3n) is 6.43. The molecule has 234 valence electrons. The number of carbonyl (C=O) groups excluding carboxylic acids is 2. The molecule has 0 spiro atoms. The summed E-state index contributed by atoms with van der Waals surface area (Å²) in [6, 6.07) is 9.59. The van der Waals surface area contributed by atoms with Crippen LogP contribution < -0.4 is 5.32 Å². The lowest BCUT2D eigenvalue weighted by molar-refractivity contribution is -0.143. The van der Waals surface area contributed by atoms with Crippen molar-refractivity contribution in [1.29, 1.82) is 0 Å². The molecule has 0 aliphatic carbocycles. The quantitative estimate of drug-likeness (QED) is 0.111. The first-order chi connectivity index (χ1) is 20.9. The van der Waals surface area contributed by atoms with Gasteiger partial charge in [0.15, 0.2) is 0 Å². The molecular formula is C31H22F6N2O6. The Kier molecular flexibility index (Phi) is 8.89. The van der Waals surface area contributed by atoms with Crippen molar-refractivity contribution in [2.75, 3.05) is 0 Å². The van der Waals surface area contributed by atoms with Crippen LogP contribution in [0.3, 0.4) is 0 Å². The van der Waals surface area contributed by atoms with Crippen molar-refractivity contribution in [2.24, 2.45) is 0 Å². The van der Waals surface area contributed by atoms with Gasteiger partial charge in [-0.05, 0) is 72.1 Å². The SMILES string of the molecule is C=C(C)OC(=O)[C@H](Cc1ccc(O)cc1)NC(=O)c1cc(C(=O)O)c2cc(-c3cc(C(F)(F)F)cc(C(F)(F)F)c3)ccc2n1. The standard InChI is InChI=1S/C31H22F6N2O6/c1-15(2)45-29(44)26(9-16-3-6-21(40)7-4-16)39-27(41)25-14-23(28(42)43)22-12-17(5-8-24(22)38-25)18-10-19(30(32,33)34)13-20(11-18)31(35,36)37/h3-8,10-14,26,40H,1,9H2,2H3,(H,39,41)(H,42,43)/t26-/m0/s1. The Labute approximate surface area is 250 Å². The van der Waals surface area contributed by atoms with E-state index >= 15 is 0 Å². The molecule has 0 aliphatic rings. The number of aromatic nitrogens is 1. The molecular weight excluding hydrogens is 610 g/mol. The second-order valence-electron chi connectivity index (χ2n) is 9.91. The lowest BCUT2D eigenvalue weighted by Gasteiger charge is -2.18. The summed E-state index contributed by atoms with van der Waals surface area (Å²) in [4.78, 5) is 42.2. The molecule has 1 heterocycles. The molecule has 0 saturated carbocycles. The number of benzene rings is 3. The Balaban J connectivity index is 1.75. The number of esters is 1. The largest absolute Gasteiger partial charge is 0.508 e. The number of aromatic carboxylic acids is 1. The number of carboxylic acids is 1. The molecule has 45 heavy (non-hydrogen) atoms. The lowest BCUT2D eigenvalue weighted by atomic mass is 9.96. The van der Waals surface area contributed by atoms with Crippen LogP contribution in [0.4, 0.5) is 26.3 Å². The first-order valence-corrected chi connectivity index (χ1v) is 12.9. The van der Waals surface area contributed by atoms with Crippen molar-refractivity contribution in [3.05, 3.63) is 107 Å². The van der Waals surface area contributed by atoms with Crippen molar-refractivity contribution in [3.63, 3.8) is 0 Å².